The van der Waals surface area contributed by atoms with Gasteiger partial charge in [0.1, 0.15) is 0 Å². The molecule has 1 aliphatic rings. The maximum atomic E-state index is 6.35. The largest absolute Gasteiger partial charge is 0.484 e. The molecule has 1 rings (SSSR count). The van der Waals surface area contributed by atoms with Crippen LogP contribution in [0.3, 0.4) is 0 Å². The molecule has 1 heterocycles. The van der Waals surface area contributed by atoms with Crippen LogP contribution in [-0.2, 0) is 9.16 Å². The van der Waals surface area contributed by atoms with E-state index in [-0.39, 0.29) is 5.04 Å². The summed E-state index contributed by atoms with van der Waals surface area (Å²) in [6.45, 7) is 12.2. The Morgan fingerprint density at radius 2 is 1.94 bits per heavy atom. The molecular weight excluding hydrogens is 218 g/mol. The number of hydrogen-bond acceptors (Lipinski definition) is 3. The summed E-state index contributed by atoms with van der Waals surface area (Å²) in [6, 6.07) is 0. The minimum absolute atomic E-state index is 0.273. The van der Waals surface area contributed by atoms with E-state index in [1.54, 1.807) is 7.11 Å². The zero-order chi connectivity index (χ0) is 12.4. The molecule has 1 unspecified atom stereocenters. The number of methoxy groups -OCH3 is 1. The Morgan fingerprint density at radius 1 is 1.31 bits per heavy atom. The normalized spacial score (nSPS) is 22.9. The Bertz CT molecular complexity index is 269. The first kappa shape index (κ1) is 13.7. The molecular formula is C12H25NO2Si. The molecule has 0 spiro atoms. The molecule has 4 heteroatoms. The number of hydrogen-bond donors (Lipinski definition) is 0. The third kappa shape index (κ3) is 3.32. The van der Waals surface area contributed by atoms with Crippen LogP contribution in [0, 0.1) is 0 Å². The molecule has 0 amide bonds. The van der Waals surface area contributed by atoms with Crippen molar-refractivity contribution < 1.29 is 9.16 Å². The second-order valence-electron chi connectivity index (χ2n) is 5.97. The van der Waals surface area contributed by atoms with Crippen molar-refractivity contribution in [3.8, 4) is 0 Å². The topological polar surface area (TPSA) is 30.8 Å². The summed E-state index contributed by atoms with van der Waals surface area (Å²) in [6.07, 6.45) is 2.16. The highest BCUT2D eigenvalue weighted by Gasteiger charge is 2.39. The molecule has 0 fully saturated rings. The van der Waals surface area contributed by atoms with Gasteiger partial charge in [-0.05, 0) is 24.6 Å². The summed E-state index contributed by atoms with van der Waals surface area (Å²) in [5.74, 6) is 0.843. The van der Waals surface area contributed by atoms with Gasteiger partial charge in [-0.3, -0.25) is 4.99 Å². The van der Waals surface area contributed by atoms with E-state index >= 15 is 0 Å². The second-order valence-corrected chi connectivity index (χ2v) is 10.7. The second kappa shape index (κ2) is 4.88. The maximum absolute atomic E-state index is 6.35. The molecule has 0 aromatic carbocycles. The lowest BCUT2D eigenvalue weighted by Gasteiger charge is -2.39. The average Bonchev–Trinajstić information content (AvgIpc) is 2.15. The molecule has 0 aromatic heterocycles. The van der Waals surface area contributed by atoms with E-state index in [1.807, 2.05) is 0 Å². The smallest absolute Gasteiger partial charge is 0.192 e. The van der Waals surface area contributed by atoms with Crippen LogP contribution in [0.2, 0.25) is 18.1 Å². The molecule has 0 N–H and O–H groups in total. The summed E-state index contributed by atoms with van der Waals surface area (Å²) in [7, 11) is 0.0428. The zero-order valence-corrected chi connectivity index (χ0v) is 12.5. The average molecular weight is 243 g/mol. The predicted octanol–water partition coefficient (Wildman–Crippen LogP) is 3.22. The van der Waals surface area contributed by atoms with Crippen molar-refractivity contribution >= 4 is 14.2 Å². The van der Waals surface area contributed by atoms with Crippen molar-refractivity contribution in [1.82, 2.24) is 0 Å². The van der Waals surface area contributed by atoms with Crippen molar-refractivity contribution in [2.45, 2.75) is 57.8 Å². The molecule has 0 saturated carbocycles. The van der Waals surface area contributed by atoms with Crippen LogP contribution in [0.25, 0.3) is 0 Å². The van der Waals surface area contributed by atoms with E-state index in [4.69, 9.17) is 9.16 Å². The van der Waals surface area contributed by atoms with Gasteiger partial charge >= 0.3 is 0 Å². The minimum atomic E-state index is -1.65. The van der Waals surface area contributed by atoms with Crippen LogP contribution >= 0.6 is 0 Å². The molecule has 0 radical (unpaired) electrons. The van der Waals surface area contributed by atoms with E-state index < -0.39 is 8.32 Å². The summed E-state index contributed by atoms with van der Waals surface area (Å²) >= 11 is 0. The van der Waals surface area contributed by atoms with Crippen LogP contribution in [0.5, 0.6) is 0 Å². The fourth-order valence-corrected chi connectivity index (χ4v) is 2.92. The third-order valence-corrected chi connectivity index (χ3v) is 8.18. The predicted molar refractivity (Wildman–Crippen MR) is 70.6 cm³/mol. The standard InChI is InChI=1S/C12H25NO2Si/c1-12(2,3)16(5,6)15-10-7-8-13-11(9-10)14-4/h10H,7-9H2,1-6H3. The zero-order valence-electron chi connectivity index (χ0n) is 11.5. The first-order chi connectivity index (χ1) is 7.26. The Balaban J connectivity index is 2.59. The number of aliphatic imine (C=N–C) groups is 1. The third-order valence-electron chi connectivity index (χ3n) is 3.64. The molecule has 0 aliphatic carbocycles. The summed E-state index contributed by atoms with van der Waals surface area (Å²) in [4.78, 5) is 4.32. The van der Waals surface area contributed by atoms with Gasteiger partial charge in [-0.15, -0.1) is 0 Å². The number of ether oxygens (including phenoxy) is 1. The van der Waals surface area contributed by atoms with Crippen molar-refractivity contribution in [2.24, 2.45) is 4.99 Å². The van der Waals surface area contributed by atoms with Gasteiger partial charge in [0, 0.05) is 13.0 Å². The van der Waals surface area contributed by atoms with Crippen LogP contribution < -0.4 is 0 Å². The monoisotopic (exact) mass is 243 g/mol. The van der Waals surface area contributed by atoms with E-state index in [0.717, 1.165) is 25.3 Å². The van der Waals surface area contributed by atoms with Gasteiger partial charge in [-0.2, -0.15) is 0 Å². The summed E-state index contributed by atoms with van der Waals surface area (Å²) in [5.41, 5.74) is 0. The van der Waals surface area contributed by atoms with Crippen molar-refractivity contribution in [3.05, 3.63) is 0 Å². The Labute approximate surface area is 100 Å². The SMILES string of the molecule is COC1=NCCC(O[Si](C)(C)C(C)(C)C)C1. The highest BCUT2D eigenvalue weighted by Crippen LogP contribution is 2.38. The Morgan fingerprint density at radius 3 is 2.44 bits per heavy atom. The molecule has 1 aliphatic heterocycles. The molecule has 0 bridgehead atoms. The minimum Gasteiger partial charge on any atom is -0.484 e. The van der Waals surface area contributed by atoms with Crippen LogP contribution in [0.15, 0.2) is 4.99 Å². The molecule has 1 atom stereocenters. The van der Waals surface area contributed by atoms with Gasteiger partial charge in [0.2, 0.25) is 0 Å². The van der Waals surface area contributed by atoms with Gasteiger partial charge in [0.15, 0.2) is 14.2 Å². The van der Waals surface area contributed by atoms with E-state index in [2.05, 4.69) is 38.9 Å². The Kier molecular flexibility index (Phi) is 4.18. The van der Waals surface area contributed by atoms with E-state index in [0.29, 0.717) is 6.10 Å². The lowest BCUT2D eigenvalue weighted by molar-refractivity contribution is 0.166. The van der Waals surface area contributed by atoms with E-state index in [9.17, 15) is 0 Å². The highest BCUT2D eigenvalue weighted by molar-refractivity contribution is 6.74. The van der Waals surface area contributed by atoms with Gasteiger partial charge in [0.25, 0.3) is 0 Å². The molecule has 3 nitrogen and oxygen atoms in total. The van der Waals surface area contributed by atoms with Crippen molar-refractivity contribution in [3.63, 3.8) is 0 Å². The fraction of sp³-hybridized carbons (Fsp3) is 0.917. The van der Waals surface area contributed by atoms with Crippen molar-refractivity contribution in [2.75, 3.05) is 13.7 Å². The van der Waals surface area contributed by atoms with Crippen LogP contribution in [0.4, 0.5) is 0 Å². The quantitative estimate of drug-likeness (QED) is 0.697. The van der Waals surface area contributed by atoms with Gasteiger partial charge < -0.3 is 9.16 Å². The summed E-state index contributed by atoms with van der Waals surface area (Å²) < 4.78 is 11.6. The van der Waals surface area contributed by atoms with Gasteiger partial charge in [-0.25, -0.2) is 0 Å². The van der Waals surface area contributed by atoms with Crippen molar-refractivity contribution in [1.29, 1.82) is 0 Å². The molecule has 16 heavy (non-hydrogen) atoms. The van der Waals surface area contributed by atoms with Crippen LogP contribution in [-0.4, -0.2) is 34.0 Å². The summed E-state index contributed by atoms with van der Waals surface area (Å²) in [5, 5.41) is 0.273. The molecule has 94 valence electrons. The Hall–Kier alpha value is -0.353. The fourth-order valence-electron chi connectivity index (χ4n) is 1.54. The number of nitrogens with zero attached hydrogens (tertiary/aromatic N) is 1. The van der Waals surface area contributed by atoms with E-state index in [1.165, 1.54) is 0 Å². The molecule has 0 saturated heterocycles. The first-order valence-electron chi connectivity index (χ1n) is 6.01. The van der Waals surface area contributed by atoms with Gasteiger partial charge in [0.05, 0.1) is 13.2 Å². The van der Waals surface area contributed by atoms with Crippen LogP contribution in [0.1, 0.15) is 33.6 Å². The highest BCUT2D eigenvalue weighted by atomic mass is 28.4. The lowest BCUT2D eigenvalue weighted by atomic mass is 10.1. The van der Waals surface area contributed by atoms with Gasteiger partial charge in [-0.1, -0.05) is 20.8 Å². The lowest BCUT2D eigenvalue weighted by Crippen LogP contribution is -2.45. The number of rotatable bonds is 2. The maximum Gasteiger partial charge on any atom is 0.192 e. The first-order valence-corrected chi connectivity index (χ1v) is 8.92. The molecule has 0 aromatic rings.